The molecule has 0 aromatic heterocycles. The minimum atomic E-state index is -0.197. The van der Waals surface area contributed by atoms with Gasteiger partial charge >= 0.3 is 0 Å². The molecule has 3 aromatic rings. The molecule has 0 aliphatic carbocycles. The third kappa shape index (κ3) is 4.01. The van der Waals surface area contributed by atoms with Crippen LogP contribution in [0.2, 0.25) is 0 Å². The Balaban J connectivity index is 1.47. The summed E-state index contributed by atoms with van der Waals surface area (Å²) in [5.74, 6) is 1.71. The van der Waals surface area contributed by atoms with Gasteiger partial charge in [-0.2, -0.15) is 0 Å². The Kier molecular flexibility index (Phi) is 5.35. The van der Waals surface area contributed by atoms with Gasteiger partial charge in [0.1, 0.15) is 17.6 Å². The molecule has 1 amide bonds. The molecule has 2 aliphatic heterocycles. The molecule has 1 saturated heterocycles. The van der Waals surface area contributed by atoms with Crippen LogP contribution >= 0.6 is 0 Å². The summed E-state index contributed by atoms with van der Waals surface area (Å²) in [6.45, 7) is 1.98. The second kappa shape index (κ2) is 8.44. The topological polar surface area (TPSA) is 42.0 Å². The van der Waals surface area contributed by atoms with Crippen molar-refractivity contribution in [2.24, 2.45) is 0 Å². The number of fused-ring (bicyclic) bond motifs is 3. The van der Waals surface area contributed by atoms with Crippen molar-refractivity contribution >= 4 is 11.6 Å². The molecule has 0 N–H and O–H groups in total. The highest BCUT2D eigenvalue weighted by Gasteiger charge is 2.42. The first kappa shape index (κ1) is 19.6. The molecule has 2 heterocycles. The third-order valence-corrected chi connectivity index (χ3v) is 6.09. The Morgan fingerprint density at radius 2 is 1.61 bits per heavy atom. The van der Waals surface area contributed by atoms with E-state index in [1.54, 1.807) is 7.11 Å². The zero-order chi connectivity index (χ0) is 21.2. The van der Waals surface area contributed by atoms with Crippen molar-refractivity contribution in [2.45, 2.75) is 31.7 Å². The van der Waals surface area contributed by atoms with Gasteiger partial charge < -0.3 is 14.4 Å². The average Bonchev–Trinajstić information content (AvgIpc) is 3.21. The number of rotatable bonds is 5. The smallest absolute Gasteiger partial charge is 0.244 e. The molecule has 0 saturated carbocycles. The summed E-state index contributed by atoms with van der Waals surface area (Å²) in [5, 5.41) is 0. The molecule has 0 unspecified atom stereocenters. The molecule has 2 bridgehead atoms. The maximum atomic E-state index is 13.9. The van der Waals surface area contributed by atoms with Gasteiger partial charge in [0.15, 0.2) is 0 Å². The number of amides is 1. The van der Waals surface area contributed by atoms with Crippen molar-refractivity contribution < 1.29 is 14.3 Å². The summed E-state index contributed by atoms with van der Waals surface area (Å²) >= 11 is 0. The van der Waals surface area contributed by atoms with Crippen LogP contribution in [0.1, 0.15) is 17.5 Å². The molecule has 5 rings (SSSR count). The van der Waals surface area contributed by atoms with Crippen LogP contribution in [0, 0.1) is 0 Å². The van der Waals surface area contributed by atoms with E-state index < -0.39 is 0 Å². The molecule has 0 spiro atoms. The number of likely N-dealkylation sites (tertiary alicyclic amines) is 1. The fourth-order valence-electron chi connectivity index (χ4n) is 4.53. The van der Waals surface area contributed by atoms with E-state index in [1.165, 1.54) is 5.56 Å². The zero-order valence-corrected chi connectivity index (χ0v) is 17.6. The molecular formula is C26H26N2O3. The maximum absolute atomic E-state index is 13.9. The van der Waals surface area contributed by atoms with Gasteiger partial charge in [-0.25, -0.2) is 0 Å². The number of anilines is 1. The summed E-state index contributed by atoms with van der Waals surface area (Å²) in [4.78, 5) is 18.0. The zero-order valence-electron chi connectivity index (χ0n) is 17.6. The SMILES string of the molecule is COc1ccc(CN2C(=O)[C@@H]3C[C@@H](CN3Cc3ccccc3)Oc3ccccc32)cc1. The molecule has 158 valence electrons. The van der Waals surface area contributed by atoms with Crippen LogP contribution in [0.15, 0.2) is 78.9 Å². The predicted molar refractivity (Wildman–Crippen MR) is 120 cm³/mol. The highest BCUT2D eigenvalue weighted by molar-refractivity contribution is 5.99. The number of methoxy groups -OCH3 is 1. The molecule has 5 nitrogen and oxygen atoms in total. The van der Waals surface area contributed by atoms with Crippen LogP contribution < -0.4 is 14.4 Å². The van der Waals surface area contributed by atoms with Crippen molar-refractivity contribution in [1.29, 1.82) is 0 Å². The quantitative estimate of drug-likeness (QED) is 0.626. The van der Waals surface area contributed by atoms with Crippen LogP contribution in [-0.4, -0.2) is 36.6 Å². The molecule has 0 radical (unpaired) electrons. The Morgan fingerprint density at radius 1 is 0.903 bits per heavy atom. The molecular weight excluding hydrogens is 388 g/mol. The summed E-state index contributed by atoms with van der Waals surface area (Å²) in [6, 6.07) is 25.9. The third-order valence-electron chi connectivity index (χ3n) is 6.09. The number of ether oxygens (including phenoxy) is 2. The lowest BCUT2D eigenvalue weighted by atomic mass is 10.1. The monoisotopic (exact) mass is 414 g/mol. The van der Waals surface area contributed by atoms with Gasteiger partial charge in [0, 0.05) is 19.5 Å². The van der Waals surface area contributed by atoms with E-state index in [0.717, 1.165) is 35.8 Å². The number of para-hydroxylation sites is 2. The second-order valence-corrected chi connectivity index (χ2v) is 8.15. The van der Waals surface area contributed by atoms with Crippen LogP contribution in [0.25, 0.3) is 0 Å². The normalized spacial score (nSPS) is 20.5. The van der Waals surface area contributed by atoms with Crippen molar-refractivity contribution in [1.82, 2.24) is 4.90 Å². The standard InChI is InChI=1S/C26H26N2O3/c1-30-21-13-11-20(12-14-21)17-28-23-9-5-6-10-25(23)31-22-15-24(26(28)29)27(18-22)16-19-7-3-2-4-8-19/h2-14,22,24H,15-18H2,1H3/t22-,24-/m0/s1. The van der Waals surface area contributed by atoms with Crippen LogP contribution in [0.4, 0.5) is 5.69 Å². The van der Waals surface area contributed by atoms with E-state index in [2.05, 4.69) is 17.0 Å². The van der Waals surface area contributed by atoms with Gasteiger partial charge in [-0.3, -0.25) is 9.69 Å². The predicted octanol–water partition coefficient (Wildman–Crippen LogP) is 4.26. The molecule has 1 fully saturated rings. The van der Waals surface area contributed by atoms with E-state index in [9.17, 15) is 4.79 Å². The van der Waals surface area contributed by atoms with Gasteiger partial charge in [-0.05, 0) is 35.4 Å². The molecule has 3 aromatic carbocycles. The number of hydrogen-bond donors (Lipinski definition) is 0. The van der Waals surface area contributed by atoms with E-state index in [1.807, 2.05) is 71.6 Å². The van der Waals surface area contributed by atoms with Crippen molar-refractivity contribution in [2.75, 3.05) is 18.6 Å². The summed E-state index contributed by atoms with van der Waals surface area (Å²) < 4.78 is 11.7. The van der Waals surface area contributed by atoms with Crippen LogP contribution in [0.3, 0.4) is 0 Å². The number of carbonyl (C=O) groups excluding carboxylic acids is 1. The van der Waals surface area contributed by atoms with E-state index >= 15 is 0 Å². The largest absolute Gasteiger partial charge is 0.497 e. The van der Waals surface area contributed by atoms with Crippen LogP contribution in [-0.2, 0) is 17.9 Å². The minimum absolute atomic E-state index is 0.0157. The fraction of sp³-hybridized carbons (Fsp3) is 0.269. The first-order chi connectivity index (χ1) is 15.2. The molecule has 2 aliphatic rings. The lowest BCUT2D eigenvalue weighted by Crippen LogP contribution is -2.45. The van der Waals surface area contributed by atoms with E-state index in [0.29, 0.717) is 13.0 Å². The summed E-state index contributed by atoms with van der Waals surface area (Å²) in [7, 11) is 1.66. The minimum Gasteiger partial charge on any atom is -0.497 e. The van der Waals surface area contributed by atoms with Gasteiger partial charge in [0.05, 0.1) is 25.4 Å². The highest BCUT2D eigenvalue weighted by atomic mass is 16.5. The van der Waals surface area contributed by atoms with Gasteiger partial charge in [0.2, 0.25) is 5.91 Å². The fourth-order valence-corrected chi connectivity index (χ4v) is 4.53. The van der Waals surface area contributed by atoms with Crippen molar-refractivity contribution in [3.8, 4) is 11.5 Å². The Hall–Kier alpha value is -3.31. The second-order valence-electron chi connectivity index (χ2n) is 8.15. The first-order valence-electron chi connectivity index (χ1n) is 10.7. The van der Waals surface area contributed by atoms with Crippen LogP contribution in [0.5, 0.6) is 11.5 Å². The van der Waals surface area contributed by atoms with Gasteiger partial charge in [-0.15, -0.1) is 0 Å². The number of hydrogen-bond acceptors (Lipinski definition) is 4. The number of nitrogens with zero attached hydrogens (tertiary/aromatic N) is 2. The Morgan fingerprint density at radius 3 is 2.39 bits per heavy atom. The van der Waals surface area contributed by atoms with Gasteiger partial charge in [0.25, 0.3) is 0 Å². The Labute approximate surface area is 182 Å². The lowest BCUT2D eigenvalue weighted by molar-refractivity contribution is -0.123. The molecule has 31 heavy (non-hydrogen) atoms. The highest BCUT2D eigenvalue weighted by Crippen LogP contribution is 2.37. The maximum Gasteiger partial charge on any atom is 0.244 e. The lowest BCUT2D eigenvalue weighted by Gasteiger charge is -2.32. The number of benzene rings is 3. The number of carbonyl (C=O) groups is 1. The molecule has 2 atom stereocenters. The van der Waals surface area contributed by atoms with Crippen molar-refractivity contribution in [3.05, 3.63) is 90.0 Å². The van der Waals surface area contributed by atoms with Gasteiger partial charge in [-0.1, -0.05) is 54.6 Å². The van der Waals surface area contributed by atoms with Crippen molar-refractivity contribution in [3.63, 3.8) is 0 Å². The average molecular weight is 415 g/mol. The molecule has 5 heteroatoms. The summed E-state index contributed by atoms with van der Waals surface area (Å²) in [6.07, 6.45) is 0.723. The van der Waals surface area contributed by atoms with E-state index in [-0.39, 0.29) is 18.1 Å². The first-order valence-corrected chi connectivity index (χ1v) is 10.7. The summed E-state index contributed by atoms with van der Waals surface area (Å²) in [5.41, 5.74) is 3.09. The Bertz CT molecular complexity index is 1050. The van der Waals surface area contributed by atoms with E-state index in [4.69, 9.17) is 9.47 Å².